The van der Waals surface area contributed by atoms with Gasteiger partial charge in [-0.05, 0) is 62.9 Å². The van der Waals surface area contributed by atoms with E-state index in [1.165, 1.54) is 0 Å². The molecular weight excluding hydrogens is 420 g/mol. The van der Waals surface area contributed by atoms with Gasteiger partial charge in [0.1, 0.15) is 0 Å². The van der Waals surface area contributed by atoms with Gasteiger partial charge in [-0.15, -0.1) is 11.3 Å². The first kappa shape index (κ1) is 20.8. The summed E-state index contributed by atoms with van der Waals surface area (Å²) in [7, 11) is 0. The maximum atomic E-state index is 13.8. The standard InChI is InChI=1S/C25H26N4O2S/c1-15-7-5-8-19(11-15)29-24-23(18(4)27-29)20(12-21(26-24)22-9-6-10-32-22)25(30)28-13-16(2)31-17(3)14-28/h5-12,16-17H,13-14H2,1-4H3/t16-,17+. The summed E-state index contributed by atoms with van der Waals surface area (Å²) in [5, 5.41) is 7.64. The van der Waals surface area contributed by atoms with Crippen LogP contribution in [0.1, 0.15) is 35.5 Å². The third-order valence-electron chi connectivity index (χ3n) is 5.77. The molecule has 4 heterocycles. The molecule has 164 valence electrons. The molecule has 2 atom stereocenters. The summed E-state index contributed by atoms with van der Waals surface area (Å²) < 4.78 is 7.71. The number of hydrogen-bond donors (Lipinski definition) is 0. The summed E-state index contributed by atoms with van der Waals surface area (Å²) >= 11 is 1.62. The number of aromatic nitrogens is 3. The van der Waals surface area contributed by atoms with Crippen molar-refractivity contribution >= 4 is 28.3 Å². The van der Waals surface area contributed by atoms with E-state index >= 15 is 0 Å². The number of morpholine rings is 1. The maximum absolute atomic E-state index is 13.8. The van der Waals surface area contributed by atoms with Crippen LogP contribution in [0.2, 0.25) is 0 Å². The molecule has 0 aliphatic carbocycles. The molecule has 1 aliphatic rings. The fraction of sp³-hybridized carbons (Fsp3) is 0.320. The molecule has 0 bridgehead atoms. The van der Waals surface area contributed by atoms with Crippen molar-refractivity contribution in [1.29, 1.82) is 0 Å². The van der Waals surface area contributed by atoms with Crippen molar-refractivity contribution in [2.45, 2.75) is 39.9 Å². The molecule has 5 rings (SSSR count). The first-order chi connectivity index (χ1) is 15.4. The third kappa shape index (κ3) is 3.72. The quantitative estimate of drug-likeness (QED) is 0.444. The first-order valence-corrected chi connectivity index (χ1v) is 11.7. The van der Waals surface area contributed by atoms with Crippen LogP contribution in [0.3, 0.4) is 0 Å². The Hall–Kier alpha value is -3.03. The monoisotopic (exact) mass is 446 g/mol. The van der Waals surface area contributed by atoms with Gasteiger partial charge in [0.15, 0.2) is 5.65 Å². The van der Waals surface area contributed by atoms with E-state index in [4.69, 9.17) is 14.8 Å². The molecule has 7 heteroatoms. The molecule has 3 aromatic heterocycles. The van der Waals surface area contributed by atoms with Gasteiger partial charge < -0.3 is 9.64 Å². The Morgan fingerprint density at radius 2 is 1.88 bits per heavy atom. The third-order valence-corrected chi connectivity index (χ3v) is 6.66. The minimum atomic E-state index is 0.00379. The molecule has 1 aliphatic heterocycles. The molecule has 0 radical (unpaired) electrons. The lowest BCUT2D eigenvalue weighted by atomic mass is 10.1. The Morgan fingerprint density at radius 3 is 2.56 bits per heavy atom. The van der Waals surface area contributed by atoms with Crippen LogP contribution in [0.25, 0.3) is 27.3 Å². The maximum Gasteiger partial charge on any atom is 0.254 e. The number of rotatable bonds is 3. The largest absolute Gasteiger partial charge is 0.372 e. The predicted octanol–water partition coefficient (Wildman–Crippen LogP) is 5.02. The van der Waals surface area contributed by atoms with E-state index in [0.717, 1.165) is 32.9 Å². The number of benzene rings is 1. The second-order valence-electron chi connectivity index (χ2n) is 8.53. The highest BCUT2D eigenvalue weighted by molar-refractivity contribution is 7.13. The lowest BCUT2D eigenvalue weighted by molar-refractivity contribution is -0.0585. The van der Waals surface area contributed by atoms with Crippen LogP contribution in [0.15, 0.2) is 47.8 Å². The highest BCUT2D eigenvalue weighted by atomic mass is 32.1. The van der Waals surface area contributed by atoms with Gasteiger partial charge in [-0.25, -0.2) is 9.67 Å². The summed E-state index contributed by atoms with van der Waals surface area (Å²) in [4.78, 5) is 21.7. The van der Waals surface area contributed by atoms with Crippen LogP contribution in [0, 0.1) is 13.8 Å². The van der Waals surface area contributed by atoms with Crippen LogP contribution in [0.4, 0.5) is 0 Å². The van der Waals surface area contributed by atoms with Crippen molar-refractivity contribution in [3.8, 4) is 16.3 Å². The molecule has 1 saturated heterocycles. The molecule has 6 nitrogen and oxygen atoms in total. The molecule has 32 heavy (non-hydrogen) atoms. The number of thiophene rings is 1. The SMILES string of the molecule is Cc1cccc(-n2nc(C)c3c(C(=O)N4C[C@@H](C)O[C@@H](C)C4)cc(-c4cccs4)nc32)c1. The summed E-state index contributed by atoms with van der Waals surface area (Å²) in [6.45, 7) is 9.18. The van der Waals surface area contributed by atoms with Gasteiger partial charge in [-0.1, -0.05) is 18.2 Å². The normalized spacial score (nSPS) is 18.9. The topological polar surface area (TPSA) is 60.2 Å². The van der Waals surface area contributed by atoms with Crippen molar-refractivity contribution in [1.82, 2.24) is 19.7 Å². The molecule has 0 unspecified atom stereocenters. The zero-order valence-corrected chi connectivity index (χ0v) is 19.5. The fourth-order valence-corrected chi connectivity index (χ4v) is 5.15. The highest BCUT2D eigenvalue weighted by Gasteiger charge is 2.29. The predicted molar refractivity (Wildman–Crippen MR) is 128 cm³/mol. The summed E-state index contributed by atoms with van der Waals surface area (Å²) in [5.41, 5.74) is 5.02. The zero-order chi connectivity index (χ0) is 22.4. The average Bonchev–Trinajstić information content (AvgIpc) is 3.40. The number of carbonyl (C=O) groups excluding carboxylic acids is 1. The van der Waals surface area contributed by atoms with E-state index in [9.17, 15) is 4.79 Å². The van der Waals surface area contributed by atoms with Gasteiger partial charge >= 0.3 is 0 Å². The Labute approximate surface area is 191 Å². The van der Waals surface area contributed by atoms with Gasteiger partial charge in [0.2, 0.25) is 0 Å². The van der Waals surface area contributed by atoms with Crippen molar-refractivity contribution < 1.29 is 9.53 Å². The molecule has 1 amide bonds. The summed E-state index contributed by atoms with van der Waals surface area (Å²) in [6.07, 6.45) is 0.0146. The number of amides is 1. The average molecular weight is 447 g/mol. The number of pyridine rings is 1. The second-order valence-corrected chi connectivity index (χ2v) is 9.48. The van der Waals surface area contributed by atoms with E-state index in [-0.39, 0.29) is 18.1 Å². The first-order valence-electron chi connectivity index (χ1n) is 10.9. The number of aryl methyl sites for hydroxylation is 2. The Morgan fingerprint density at radius 1 is 1.09 bits per heavy atom. The van der Waals surface area contributed by atoms with Crippen LogP contribution in [-0.2, 0) is 4.74 Å². The zero-order valence-electron chi connectivity index (χ0n) is 18.7. The molecule has 0 spiro atoms. The minimum absolute atomic E-state index is 0.00379. The highest BCUT2D eigenvalue weighted by Crippen LogP contribution is 2.32. The van der Waals surface area contributed by atoms with Crippen LogP contribution >= 0.6 is 11.3 Å². The lowest BCUT2D eigenvalue weighted by Crippen LogP contribution is -2.48. The smallest absolute Gasteiger partial charge is 0.254 e. The van der Waals surface area contributed by atoms with Crippen LogP contribution < -0.4 is 0 Å². The molecule has 1 aromatic carbocycles. The van der Waals surface area contributed by atoms with Gasteiger partial charge in [0, 0.05) is 13.1 Å². The number of fused-ring (bicyclic) bond motifs is 1. The van der Waals surface area contributed by atoms with E-state index < -0.39 is 0 Å². The van der Waals surface area contributed by atoms with E-state index in [1.807, 2.05) is 66.1 Å². The molecule has 4 aromatic rings. The van der Waals surface area contributed by atoms with Gasteiger partial charge in [-0.2, -0.15) is 5.10 Å². The van der Waals surface area contributed by atoms with Crippen LogP contribution in [-0.4, -0.2) is 50.9 Å². The van der Waals surface area contributed by atoms with E-state index in [1.54, 1.807) is 11.3 Å². The molecule has 1 fully saturated rings. The summed E-state index contributed by atoms with van der Waals surface area (Å²) in [5.74, 6) is 0.00379. The minimum Gasteiger partial charge on any atom is -0.372 e. The Balaban J connectivity index is 1.72. The van der Waals surface area contributed by atoms with E-state index in [0.29, 0.717) is 24.3 Å². The molecule has 0 N–H and O–H groups in total. The molecule has 0 saturated carbocycles. The van der Waals surface area contributed by atoms with Gasteiger partial charge in [0.25, 0.3) is 5.91 Å². The number of nitrogens with zero attached hydrogens (tertiary/aromatic N) is 4. The molecular formula is C25H26N4O2S. The van der Waals surface area contributed by atoms with Crippen LogP contribution in [0.5, 0.6) is 0 Å². The lowest BCUT2D eigenvalue weighted by Gasteiger charge is -2.35. The van der Waals surface area contributed by atoms with Crippen molar-refractivity contribution in [2.75, 3.05) is 13.1 Å². The summed E-state index contributed by atoms with van der Waals surface area (Å²) in [6, 6.07) is 14.1. The number of ether oxygens (including phenoxy) is 1. The Kier molecular flexibility index (Phi) is 5.31. The Bertz CT molecular complexity index is 1290. The fourth-order valence-electron chi connectivity index (χ4n) is 4.46. The second kappa shape index (κ2) is 8.15. The number of carbonyl (C=O) groups is 1. The van der Waals surface area contributed by atoms with Gasteiger partial charge in [-0.3, -0.25) is 4.79 Å². The van der Waals surface area contributed by atoms with Gasteiger partial charge in [0.05, 0.1) is 45.1 Å². The number of hydrogen-bond acceptors (Lipinski definition) is 5. The van der Waals surface area contributed by atoms with Crippen molar-refractivity contribution in [2.24, 2.45) is 0 Å². The van der Waals surface area contributed by atoms with E-state index in [2.05, 4.69) is 19.1 Å². The van der Waals surface area contributed by atoms with Crippen molar-refractivity contribution in [3.63, 3.8) is 0 Å². The van der Waals surface area contributed by atoms with Crippen molar-refractivity contribution in [3.05, 3.63) is 64.7 Å².